The van der Waals surface area contributed by atoms with Gasteiger partial charge in [0.25, 0.3) is 0 Å². The number of ether oxygens (including phenoxy) is 1. The van der Waals surface area contributed by atoms with Gasteiger partial charge in [-0.2, -0.15) is 11.8 Å². The Balaban J connectivity index is 1.76. The van der Waals surface area contributed by atoms with Gasteiger partial charge in [0, 0.05) is 29.8 Å². The zero-order chi connectivity index (χ0) is 13.3. The van der Waals surface area contributed by atoms with Crippen LogP contribution in [0.3, 0.4) is 0 Å². The molecule has 3 unspecified atom stereocenters. The maximum atomic E-state index is 10.7. The Morgan fingerprint density at radius 2 is 2.47 bits per heavy atom. The van der Waals surface area contributed by atoms with Crippen molar-refractivity contribution in [2.75, 3.05) is 18.1 Å². The Labute approximate surface area is 118 Å². The van der Waals surface area contributed by atoms with Crippen LogP contribution in [0.25, 0.3) is 0 Å². The maximum Gasteiger partial charge on any atom is 0.0837 e. The summed E-state index contributed by atoms with van der Waals surface area (Å²) >= 11 is 1.97. The van der Waals surface area contributed by atoms with Crippen molar-refractivity contribution >= 4 is 11.8 Å². The maximum absolute atomic E-state index is 10.7. The number of rotatable bonds is 2. The molecule has 1 aromatic rings. The Hall–Kier alpha value is -0.580. The molecular formula is C15H21NO2S. The average molecular weight is 279 g/mol. The summed E-state index contributed by atoms with van der Waals surface area (Å²) in [6.45, 7) is 2.75. The summed E-state index contributed by atoms with van der Waals surface area (Å²) < 4.78 is 6.03. The van der Waals surface area contributed by atoms with Gasteiger partial charge < -0.3 is 9.84 Å². The van der Waals surface area contributed by atoms with Crippen LogP contribution in [-0.4, -0.2) is 33.8 Å². The van der Waals surface area contributed by atoms with Gasteiger partial charge in [-0.25, -0.2) is 0 Å². The Bertz CT molecular complexity index is 446. The van der Waals surface area contributed by atoms with Crippen molar-refractivity contribution in [3.63, 3.8) is 0 Å². The molecule has 0 amide bonds. The molecule has 0 aromatic carbocycles. The molecule has 104 valence electrons. The zero-order valence-electron chi connectivity index (χ0n) is 11.3. The van der Waals surface area contributed by atoms with Gasteiger partial charge in [-0.3, -0.25) is 4.98 Å². The third-order valence-corrected chi connectivity index (χ3v) is 5.63. The number of hydrogen-bond donors (Lipinski definition) is 1. The van der Waals surface area contributed by atoms with E-state index in [1.54, 1.807) is 6.20 Å². The number of aliphatic hydroxyl groups excluding tert-OH is 1. The van der Waals surface area contributed by atoms with Crippen LogP contribution in [0.4, 0.5) is 0 Å². The molecule has 2 fully saturated rings. The van der Waals surface area contributed by atoms with E-state index in [9.17, 15) is 5.11 Å². The second kappa shape index (κ2) is 5.43. The molecule has 1 spiro atoms. The highest BCUT2D eigenvalue weighted by atomic mass is 32.2. The Morgan fingerprint density at radius 3 is 3.21 bits per heavy atom. The summed E-state index contributed by atoms with van der Waals surface area (Å²) in [5.41, 5.74) is 1.96. The first-order valence-corrected chi connectivity index (χ1v) is 8.17. The summed E-state index contributed by atoms with van der Waals surface area (Å²) in [4.78, 5) is 4.29. The lowest BCUT2D eigenvalue weighted by Gasteiger charge is -2.39. The first kappa shape index (κ1) is 13.4. The van der Waals surface area contributed by atoms with Crippen molar-refractivity contribution in [1.82, 2.24) is 4.98 Å². The molecule has 4 heteroatoms. The fraction of sp³-hybridized carbons (Fsp3) is 0.667. The minimum atomic E-state index is -0.403. The molecule has 19 heavy (non-hydrogen) atoms. The lowest BCUT2D eigenvalue weighted by Crippen LogP contribution is -2.41. The molecule has 1 aromatic heterocycles. The summed E-state index contributed by atoms with van der Waals surface area (Å²) in [6.07, 6.45) is 4.44. The molecule has 3 rings (SSSR count). The van der Waals surface area contributed by atoms with E-state index in [0.717, 1.165) is 42.9 Å². The zero-order valence-corrected chi connectivity index (χ0v) is 12.2. The standard InChI is InChI=1S/C15H21NO2S/c1-11-13(3-2-6-16-11)14(17)12-4-7-18-15(9-12)5-8-19-10-15/h2-3,6,12,14,17H,4-5,7-10H2,1H3. The van der Waals surface area contributed by atoms with Gasteiger partial charge in [0.15, 0.2) is 0 Å². The third kappa shape index (κ3) is 2.67. The van der Waals surface area contributed by atoms with Gasteiger partial charge in [-0.1, -0.05) is 6.07 Å². The lowest BCUT2D eigenvalue weighted by atomic mass is 9.80. The summed E-state index contributed by atoms with van der Waals surface area (Å²) in [7, 11) is 0. The number of aromatic nitrogens is 1. The summed E-state index contributed by atoms with van der Waals surface area (Å²) in [5.74, 6) is 2.58. The largest absolute Gasteiger partial charge is 0.388 e. The van der Waals surface area contributed by atoms with Crippen molar-refractivity contribution in [3.05, 3.63) is 29.6 Å². The van der Waals surface area contributed by atoms with Crippen molar-refractivity contribution in [2.45, 2.75) is 37.9 Å². The van der Waals surface area contributed by atoms with Gasteiger partial charge in [-0.05, 0) is 43.9 Å². The van der Waals surface area contributed by atoms with Gasteiger partial charge in [0.05, 0.1) is 11.7 Å². The highest BCUT2D eigenvalue weighted by Crippen LogP contribution is 2.44. The predicted octanol–water partition coefficient (Wildman–Crippen LogP) is 2.73. The first-order valence-electron chi connectivity index (χ1n) is 7.01. The number of aliphatic hydroxyl groups is 1. The molecule has 3 heterocycles. The predicted molar refractivity (Wildman–Crippen MR) is 77.3 cm³/mol. The molecule has 3 atom stereocenters. The van der Waals surface area contributed by atoms with Crippen molar-refractivity contribution in [1.29, 1.82) is 0 Å². The number of thioether (sulfide) groups is 1. The Morgan fingerprint density at radius 1 is 1.58 bits per heavy atom. The second-order valence-electron chi connectivity index (χ2n) is 5.71. The van der Waals surface area contributed by atoms with Crippen LogP contribution in [0, 0.1) is 12.8 Å². The third-order valence-electron chi connectivity index (χ3n) is 4.41. The SMILES string of the molecule is Cc1ncccc1C(O)C1CCOC2(CCSC2)C1. The Kier molecular flexibility index (Phi) is 3.83. The molecular weight excluding hydrogens is 258 g/mol. The molecule has 2 aliphatic heterocycles. The fourth-order valence-electron chi connectivity index (χ4n) is 3.26. The topological polar surface area (TPSA) is 42.4 Å². The normalized spacial score (nSPS) is 32.6. The van der Waals surface area contributed by atoms with E-state index < -0.39 is 6.10 Å². The minimum absolute atomic E-state index is 0.0324. The van der Waals surface area contributed by atoms with Crippen LogP contribution in [0.2, 0.25) is 0 Å². The molecule has 0 radical (unpaired) electrons. The van der Waals surface area contributed by atoms with Crippen LogP contribution in [0.15, 0.2) is 18.3 Å². The van der Waals surface area contributed by atoms with E-state index in [2.05, 4.69) is 4.98 Å². The van der Waals surface area contributed by atoms with E-state index in [-0.39, 0.29) is 5.60 Å². The highest BCUT2D eigenvalue weighted by molar-refractivity contribution is 7.99. The highest BCUT2D eigenvalue weighted by Gasteiger charge is 2.42. The quantitative estimate of drug-likeness (QED) is 0.904. The van der Waals surface area contributed by atoms with E-state index >= 15 is 0 Å². The van der Waals surface area contributed by atoms with E-state index in [1.165, 1.54) is 5.75 Å². The van der Waals surface area contributed by atoms with Gasteiger partial charge >= 0.3 is 0 Å². The first-order chi connectivity index (χ1) is 9.20. The van der Waals surface area contributed by atoms with Crippen molar-refractivity contribution in [2.24, 2.45) is 5.92 Å². The summed E-state index contributed by atoms with van der Waals surface area (Å²) in [5, 5.41) is 10.7. The van der Waals surface area contributed by atoms with Gasteiger partial charge in [-0.15, -0.1) is 0 Å². The number of nitrogens with zero attached hydrogens (tertiary/aromatic N) is 1. The van der Waals surface area contributed by atoms with Crippen LogP contribution in [0.5, 0.6) is 0 Å². The number of hydrogen-bond acceptors (Lipinski definition) is 4. The van der Waals surface area contributed by atoms with Gasteiger partial charge in [0.1, 0.15) is 0 Å². The molecule has 1 N–H and O–H groups in total. The molecule has 0 aliphatic carbocycles. The van der Waals surface area contributed by atoms with E-state index in [1.807, 2.05) is 30.8 Å². The van der Waals surface area contributed by atoms with Crippen LogP contribution < -0.4 is 0 Å². The van der Waals surface area contributed by atoms with E-state index in [0.29, 0.717) is 5.92 Å². The lowest BCUT2D eigenvalue weighted by molar-refractivity contribution is -0.102. The van der Waals surface area contributed by atoms with Crippen LogP contribution in [0.1, 0.15) is 36.6 Å². The molecule has 0 bridgehead atoms. The smallest absolute Gasteiger partial charge is 0.0837 e. The fourth-order valence-corrected chi connectivity index (χ4v) is 4.64. The molecule has 0 saturated carbocycles. The molecule has 2 aliphatic rings. The molecule has 2 saturated heterocycles. The van der Waals surface area contributed by atoms with Crippen LogP contribution in [-0.2, 0) is 4.74 Å². The van der Waals surface area contributed by atoms with Gasteiger partial charge in [0.2, 0.25) is 0 Å². The molecule has 3 nitrogen and oxygen atoms in total. The monoisotopic (exact) mass is 279 g/mol. The van der Waals surface area contributed by atoms with Crippen LogP contribution >= 0.6 is 11.8 Å². The average Bonchev–Trinajstić information content (AvgIpc) is 2.86. The minimum Gasteiger partial charge on any atom is -0.388 e. The second-order valence-corrected chi connectivity index (χ2v) is 6.81. The number of aryl methyl sites for hydroxylation is 1. The number of pyridine rings is 1. The van der Waals surface area contributed by atoms with Crippen molar-refractivity contribution < 1.29 is 9.84 Å². The van der Waals surface area contributed by atoms with E-state index in [4.69, 9.17) is 4.74 Å². The van der Waals surface area contributed by atoms with Crippen molar-refractivity contribution in [3.8, 4) is 0 Å². The summed E-state index contributed by atoms with van der Waals surface area (Å²) in [6, 6.07) is 3.91.